The standard InChI is InChI=1S/C11H7F3O3.C5H11NO3S/c12-11(13,14)9-7(10(15)16)5-6-3-1-2-4-8(6)17-9;1-10(7,8)6-2-4-9-5-3-6/h1-5,9H,(H,15,16);2-5H2,1H3. The number of sulfonamides is 1. The first-order valence-electron chi connectivity index (χ1n) is 7.80. The third-order valence-corrected chi connectivity index (χ3v) is 5.04. The fourth-order valence-corrected chi connectivity index (χ4v) is 3.25. The Morgan fingerprint density at radius 2 is 1.81 bits per heavy atom. The maximum atomic E-state index is 12.6. The van der Waals surface area contributed by atoms with Gasteiger partial charge in [-0.15, -0.1) is 0 Å². The van der Waals surface area contributed by atoms with E-state index >= 15 is 0 Å². The summed E-state index contributed by atoms with van der Waals surface area (Å²) < 4.78 is 70.7. The minimum atomic E-state index is -4.75. The van der Waals surface area contributed by atoms with Gasteiger partial charge in [-0.25, -0.2) is 13.2 Å². The van der Waals surface area contributed by atoms with Crippen LogP contribution in [0.25, 0.3) is 6.08 Å². The molecule has 0 aromatic heterocycles. The number of aliphatic carboxylic acids is 1. The minimum absolute atomic E-state index is 0.0276. The van der Waals surface area contributed by atoms with Gasteiger partial charge >= 0.3 is 12.1 Å². The van der Waals surface area contributed by atoms with Gasteiger partial charge in [-0.1, -0.05) is 18.2 Å². The van der Waals surface area contributed by atoms with E-state index in [1.807, 2.05) is 0 Å². The molecule has 0 amide bonds. The molecule has 0 aliphatic carbocycles. The summed E-state index contributed by atoms with van der Waals surface area (Å²) in [7, 11) is -2.97. The van der Waals surface area contributed by atoms with Crippen LogP contribution in [-0.4, -0.2) is 68.6 Å². The van der Waals surface area contributed by atoms with E-state index in [2.05, 4.69) is 0 Å². The number of nitrogens with zero attached hydrogens (tertiary/aromatic N) is 1. The lowest BCUT2D eigenvalue weighted by Crippen LogP contribution is -2.40. The molecule has 2 aliphatic heterocycles. The van der Waals surface area contributed by atoms with Crippen LogP contribution in [0.15, 0.2) is 29.8 Å². The number of carboxylic acids is 1. The molecule has 0 bridgehead atoms. The molecule has 0 saturated carbocycles. The summed E-state index contributed by atoms with van der Waals surface area (Å²) in [5, 5.41) is 8.75. The SMILES string of the molecule is CS(=O)(=O)N1CCOCC1.O=C(O)C1=Cc2ccccc2OC1C(F)(F)F. The highest BCUT2D eigenvalue weighted by Gasteiger charge is 2.48. The van der Waals surface area contributed by atoms with Gasteiger partial charge in [0.1, 0.15) is 5.75 Å². The van der Waals surface area contributed by atoms with Crippen LogP contribution >= 0.6 is 0 Å². The third kappa shape index (κ3) is 5.68. The van der Waals surface area contributed by atoms with E-state index in [0.29, 0.717) is 31.9 Å². The van der Waals surface area contributed by atoms with Gasteiger partial charge in [0.15, 0.2) is 0 Å². The third-order valence-electron chi connectivity index (χ3n) is 3.74. The normalized spacial score (nSPS) is 20.4. The first-order valence-corrected chi connectivity index (χ1v) is 9.65. The van der Waals surface area contributed by atoms with Crippen molar-refractivity contribution in [3.63, 3.8) is 0 Å². The number of hydrogen-bond donors (Lipinski definition) is 1. The molecule has 1 aromatic rings. The zero-order valence-corrected chi connectivity index (χ0v) is 15.1. The summed E-state index contributed by atoms with van der Waals surface area (Å²) in [4.78, 5) is 10.8. The molecule has 0 spiro atoms. The van der Waals surface area contributed by atoms with Gasteiger partial charge in [0, 0.05) is 18.7 Å². The molecule has 1 N–H and O–H groups in total. The van der Waals surface area contributed by atoms with Crippen molar-refractivity contribution in [1.82, 2.24) is 4.31 Å². The van der Waals surface area contributed by atoms with Gasteiger partial charge in [-0.05, 0) is 12.1 Å². The van der Waals surface area contributed by atoms with Crippen LogP contribution in [0.4, 0.5) is 13.2 Å². The number of halogens is 3. The molecule has 1 fully saturated rings. The highest BCUT2D eigenvalue weighted by Crippen LogP contribution is 2.36. The zero-order valence-electron chi connectivity index (χ0n) is 14.3. The predicted octanol–water partition coefficient (Wildman–Crippen LogP) is 1.76. The molecule has 11 heteroatoms. The van der Waals surface area contributed by atoms with Crippen molar-refractivity contribution in [2.24, 2.45) is 0 Å². The average molecular weight is 409 g/mol. The van der Waals surface area contributed by atoms with Crippen LogP contribution in [0, 0.1) is 0 Å². The summed E-state index contributed by atoms with van der Waals surface area (Å²) in [6.07, 6.45) is -4.97. The second-order valence-corrected chi connectivity index (χ2v) is 7.74. The Hall–Kier alpha value is -2.11. The minimum Gasteiger partial charge on any atom is -0.478 e. The van der Waals surface area contributed by atoms with Gasteiger partial charge < -0.3 is 14.6 Å². The molecule has 1 saturated heterocycles. The predicted molar refractivity (Wildman–Crippen MR) is 89.8 cm³/mol. The molecule has 1 unspecified atom stereocenters. The number of alkyl halides is 3. The Bertz CT molecular complexity index is 816. The lowest BCUT2D eigenvalue weighted by Gasteiger charge is -2.26. The lowest BCUT2D eigenvalue weighted by atomic mass is 10.0. The van der Waals surface area contributed by atoms with Crippen LogP contribution < -0.4 is 4.74 Å². The van der Waals surface area contributed by atoms with Gasteiger partial charge in [-0.3, -0.25) is 0 Å². The van der Waals surface area contributed by atoms with E-state index in [4.69, 9.17) is 14.6 Å². The first kappa shape index (κ1) is 21.2. The van der Waals surface area contributed by atoms with Crippen LogP contribution in [0.3, 0.4) is 0 Å². The molecule has 3 rings (SSSR count). The van der Waals surface area contributed by atoms with Crippen LogP contribution in [0.2, 0.25) is 0 Å². The molecule has 2 aliphatic rings. The number of morpholine rings is 1. The molecule has 0 radical (unpaired) electrons. The highest BCUT2D eigenvalue weighted by molar-refractivity contribution is 7.88. The average Bonchev–Trinajstić information content (AvgIpc) is 2.60. The molecule has 1 aromatic carbocycles. The van der Waals surface area contributed by atoms with Gasteiger partial charge in [0.05, 0.1) is 25.0 Å². The smallest absolute Gasteiger partial charge is 0.430 e. The number of benzene rings is 1. The Labute approximate surface area is 154 Å². The number of carboxylic acid groups (broad SMARTS) is 1. The van der Waals surface area contributed by atoms with Crippen LogP contribution in [-0.2, 0) is 19.6 Å². The number of carbonyl (C=O) groups is 1. The Kier molecular flexibility index (Phi) is 6.50. The molecular formula is C16H18F3NO6S. The topological polar surface area (TPSA) is 93.1 Å². The molecule has 7 nitrogen and oxygen atoms in total. The molecular weight excluding hydrogens is 391 g/mol. The summed E-state index contributed by atoms with van der Waals surface area (Å²) in [5.74, 6) is -1.61. The van der Waals surface area contributed by atoms with Crippen LogP contribution in [0.1, 0.15) is 5.56 Å². The van der Waals surface area contributed by atoms with E-state index < -0.39 is 33.8 Å². The molecule has 1 atom stereocenters. The Balaban J connectivity index is 0.000000223. The van der Waals surface area contributed by atoms with E-state index in [1.165, 1.54) is 28.8 Å². The van der Waals surface area contributed by atoms with Crippen molar-refractivity contribution in [2.45, 2.75) is 12.3 Å². The fourth-order valence-electron chi connectivity index (χ4n) is 2.44. The lowest BCUT2D eigenvalue weighted by molar-refractivity contribution is -0.187. The Morgan fingerprint density at radius 3 is 2.30 bits per heavy atom. The van der Waals surface area contributed by atoms with Crippen LogP contribution in [0.5, 0.6) is 5.75 Å². The molecule has 27 heavy (non-hydrogen) atoms. The van der Waals surface area contributed by atoms with Crippen molar-refractivity contribution in [2.75, 3.05) is 32.6 Å². The van der Waals surface area contributed by atoms with E-state index in [1.54, 1.807) is 6.07 Å². The number of hydrogen-bond acceptors (Lipinski definition) is 5. The second-order valence-electron chi connectivity index (χ2n) is 5.76. The van der Waals surface area contributed by atoms with E-state index in [0.717, 1.165) is 6.08 Å². The number of para-hydroxylation sites is 1. The Morgan fingerprint density at radius 1 is 1.22 bits per heavy atom. The van der Waals surface area contributed by atoms with Gasteiger partial charge in [-0.2, -0.15) is 17.5 Å². The van der Waals surface area contributed by atoms with Crippen molar-refractivity contribution in [1.29, 1.82) is 0 Å². The summed E-state index contributed by atoms with van der Waals surface area (Å²) in [6, 6.07) is 5.96. The highest BCUT2D eigenvalue weighted by atomic mass is 32.2. The van der Waals surface area contributed by atoms with Gasteiger partial charge in [0.25, 0.3) is 0 Å². The van der Waals surface area contributed by atoms with Gasteiger partial charge in [0.2, 0.25) is 16.1 Å². The number of rotatable bonds is 2. The maximum Gasteiger partial charge on any atom is 0.430 e. The monoisotopic (exact) mass is 409 g/mol. The van der Waals surface area contributed by atoms with Crippen molar-refractivity contribution in [3.05, 3.63) is 35.4 Å². The first-order chi connectivity index (χ1) is 12.5. The maximum absolute atomic E-state index is 12.6. The fraction of sp³-hybridized carbons (Fsp3) is 0.438. The van der Waals surface area contributed by atoms with E-state index in [9.17, 15) is 26.4 Å². The molecule has 2 heterocycles. The van der Waals surface area contributed by atoms with Crippen molar-refractivity contribution in [3.8, 4) is 5.75 Å². The summed E-state index contributed by atoms with van der Waals surface area (Å²) >= 11 is 0. The van der Waals surface area contributed by atoms with E-state index in [-0.39, 0.29) is 5.75 Å². The van der Waals surface area contributed by atoms with Crippen molar-refractivity contribution >= 4 is 22.1 Å². The number of fused-ring (bicyclic) bond motifs is 1. The van der Waals surface area contributed by atoms with Crippen molar-refractivity contribution < 1.29 is 41.0 Å². The quantitative estimate of drug-likeness (QED) is 0.800. The summed E-state index contributed by atoms with van der Waals surface area (Å²) in [5.41, 5.74) is -0.485. The number of ether oxygens (including phenoxy) is 2. The molecule has 150 valence electrons. The second kappa shape index (κ2) is 8.28. The summed E-state index contributed by atoms with van der Waals surface area (Å²) in [6.45, 7) is 2.04. The largest absolute Gasteiger partial charge is 0.478 e. The zero-order chi connectivity index (χ0) is 20.2.